The number of hydrogen-bond acceptors (Lipinski definition) is 5. The van der Waals surface area contributed by atoms with E-state index >= 15 is 0 Å². The summed E-state index contributed by atoms with van der Waals surface area (Å²) in [4.78, 5) is 15.3. The van der Waals surface area contributed by atoms with Gasteiger partial charge in [-0.05, 0) is 44.6 Å². The van der Waals surface area contributed by atoms with Gasteiger partial charge in [-0.25, -0.2) is 4.79 Å². The van der Waals surface area contributed by atoms with Gasteiger partial charge in [-0.3, -0.25) is 0 Å². The molecule has 0 fully saturated rings. The maximum Gasteiger partial charge on any atom is 0.341 e. The van der Waals surface area contributed by atoms with Gasteiger partial charge in [-0.1, -0.05) is 18.2 Å². The summed E-state index contributed by atoms with van der Waals surface area (Å²) in [6, 6.07) is 6.21. The molecule has 0 aliphatic carbocycles. The van der Waals surface area contributed by atoms with Crippen molar-refractivity contribution in [3.63, 3.8) is 0 Å². The summed E-state index contributed by atoms with van der Waals surface area (Å²) in [5.41, 5.74) is 10.9. The maximum atomic E-state index is 12.2. The molecule has 118 valence electrons. The molecule has 0 saturated carbocycles. The van der Waals surface area contributed by atoms with Gasteiger partial charge in [-0.2, -0.15) is 0 Å². The largest absolute Gasteiger partial charge is 0.465 e. The zero-order valence-electron chi connectivity index (χ0n) is 13.7. The quantitative estimate of drug-likeness (QED) is 0.877. The first-order valence-corrected chi connectivity index (χ1v) is 7.88. The SMILES string of the molecule is COC(=O)c1c(N)sc(CN(C)C)c1-c1ccc(C)c(C)c1. The zero-order chi connectivity index (χ0) is 16.4. The van der Waals surface area contributed by atoms with Crippen molar-refractivity contribution in [2.45, 2.75) is 20.4 Å². The fourth-order valence-electron chi connectivity index (χ4n) is 2.40. The average Bonchev–Trinajstić information content (AvgIpc) is 2.76. The Hall–Kier alpha value is -1.85. The van der Waals surface area contributed by atoms with Crippen molar-refractivity contribution in [3.05, 3.63) is 39.8 Å². The van der Waals surface area contributed by atoms with Crippen LogP contribution >= 0.6 is 11.3 Å². The van der Waals surface area contributed by atoms with Crippen LogP contribution in [0.4, 0.5) is 5.00 Å². The second-order valence-corrected chi connectivity index (χ2v) is 6.80. The van der Waals surface area contributed by atoms with Crippen LogP contribution in [0.5, 0.6) is 0 Å². The van der Waals surface area contributed by atoms with Crippen LogP contribution in [-0.4, -0.2) is 32.1 Å². The van der Waals surface area contributed by atoms with E-state index in [9.17, 15) is 4.79 Å². The Balaban J connectivity index is 2.68. The Morgan fingerprint density at radius 2 is 1.95 bits per heavy atom. The van der Waals surface area contributed by atoms with Crippen LogP contribution in [0.2, 0.25) is 0 Å². The molecule has 0 saturated heterocycles. The number of carbonyl (C=O) groups is 1. The fourth-order valence-corrected chi connectivity index (χ4v) is 3.60. The van der Waals surface area contributed by atoms with Crippen molar-refractivity contribution in [1.29, 1.82) is 0 Å². The van der Waals surface area contributed by atoms with Crippen molar-refractivity contribution < 1.29 is 9.53 Å². The zero-order valence-corrected chi connectivity index (χ0v) is 14.5. The topological polar surface area (TPSA) is 55.6 Å². The Morgan fingerprint density at radius 1 is 1.27 bits per heavy atom. The number of nitrogens with two attached hydrogens (primary N) is 1. The summed E-state index contributed by atoms with van der Waals surface area (Å²) in [5.74, 6) is -0.382. The Bertz CT molecular complexity index is 705. The van der Waals surface area contributed by atoms with Crippen LogP contribution in [0.25, 0.3) is 11.1 Å². The van der Waals surface area contributed by atoms with Gasteiger partial charge in [0.05, 0.1) is 7.11 Å². The number of nitrogens with zero attached hydrogens (tertiary/aromatic N) is 1. The molecule has 1 aromatic heterocycles. The highest BCUT2D eigenvalue weighted by Crippen LogP contribution is 2.40. The van der Waals surface area contributed by atoms with E-state index in [1.165, 1.54) is 29.6 Å². The molecule has 0 bridgehead atoms. The second-order valence-electron chi connectivity index (χ2n) is 5.67. The monoisotopic (exact) mass is 318 g/mol. The molecule has 1 heterocycles. The number of ether oxygens (including phenoxy) is 1. The smallest absolute Gasteiger partial charge is 0.341 e. The van der Waals surface area contributed by atoms with Crippen LogP contribution in [0.1, 0.15) is 26.4 Å². The third-order valence-electron chi connectivity index (χ3n) is 3.65. The molecule has 0 aliphatic heterocycles. The summed E-state index contributed by atoms with van der Waals surface area (Å²) in [7, 11) is 5.38. The van der Waals surface area contributed by atoms with Gasteiger partial charge < -0.3 is 15.4 Å². The lowest BCUT2D eigenvalue weighted by Gasteiger charge is -2.12. The molecule has 5 heteroatoms. The van der Waals surface area contributed by atoms with E-state index in [1.807, 2.05) is 20.2 Å². The number of carbonyl (C=O) groups excluding carboxylic acids is 1. The summed E-state index contributed by atoms with van der Waals surface area (Å²) in [6.07, 6.45) is 0. The lowest BCUT2D eigenvalue weighted by atomic mass is 9.97. The third-order valence-corrected chi connectivity index (χ3v) is 4.66. The molecule has 0 atom stereocenters. The molecule has 0 aliphatic rings. The standard InChI is InChI=1S/C17H22N2O2S/c1-10-6-7-12(8-11(10)2)14-13(9-19(3)4)22-16(18)15(14)17(20)21-5/h6-8H,9,18H2,1-5H3. The van der Waals surface area contributed by atoms with Crippen molar-refractivity contribution in [3.8, 4) is 11.1 Å². The Labute approximate surface area is 135 Å². The van der Waals surface area contributed by atoms with E-state index in [4.69, 9.17) is 10.5 Å². The molecular weight excluding hydrogens is 296 g/mol. The third kappa shape index (κ3) is 3.15. The number of benzene rings is 1. The van der Waals surface area contributed by atoms with Gasteiger partial charge in [0.25, 0.3) is 0 Å². The summed E-state index contributed by atoms with van der Waals surface area (Å²) in [6.45, 7) is 4.87. The van der Waals surface area contributed by atoms with Crippen LogP contribution < -0.4 is 5.73 Å². The number of esters is 1. The van der Waals surface area contributed by atoms with Crippen molar-refractivity contribution in [1.82, 2.24) is 4.90 Å². The first kappa shape index (κ1) is 16.5. The molecule has 0 amide bonds. The molecule has 0 spiro atoms. The second kappa shape index (κ2) is 6.50. The van der Waals surface area contributed by atoms with Crippen LogP contribution in [0, 0.1) is 13.8 Å². The van der Waals surface area contributed by atoms with E-state index < -0.39 is 0 Å². The first-order valence-electron chi connectivity index (χ1n) is 7.07. The molecule has 0 unspecified atom stereocenters. The number of thiophene rings is 1. The average molecular weight is 318 g/mol. The van der Waals surface area contributed by atoms with E-state index in [2.05, 4.69) is 30.9 Å². The van der Waals surface area contributed by atoms with Crippen LogP contribution in [0.3, 0.4) is 0 Å². The highest BCUT2D eigenvalue weighted by Gasteiger charge is 2.24. The number of hydrogen-bond donors (Lipinski definition) is 1. The number of methoxy groups -OCH3 is 1. The van der Waals surface area contributed by atoms with E-state index in [-0.39, 0.29) is 5.97 Å². The summed E-state index contributed by atoms with van der Waals surface area (Å²) in [5, 5.41) is 0.511. The molecule has 22 heavy (non-hydrogen) atoms. The van der Waals surface area contributed by atoms with Crippen molar-refractivity contribution >= 4 is 22.3 Å². The number of aryl methyl sites for hydroxylation is 2. The van der Waals surface area contributed by atoms with Gasteiger partial charge >= 0.3 is 5.97 Å². The number of anilines is 1. The molecule has 2 aromatic rings. The predicted octanol–water partition coefficient (Wildman–Crippen LogP) is 3.46. The minimum absolute atomic E-state index is 0.382. The molecular formula is C17H22N2O2S. The van der Waals surface area contributed by atoms with Gasteiger partial charge in [0.15, 0.2) is 0 Å². The van der Waals surface area contributed by atoms with Gasteiger partial charge in [0, 0.05) is 17.0 Å². The molecule has 0 radical (unpaired) electrons. The van der Waals surface area contributed by atoms with Crippen LogP contribution in [-0.2, 0) is 11.3 Å². The lowest BCUT2D eigenvalue weighted by Crippen LogP contribution is -2.11. The molecule has 2 rings (SSSR count). The van der Waals surface area contributed by atoms with Gasteiger partial charge in [0.2, 0.25) is 0 Å². The van der Waals surface area contributed by atoms with Crippen molar-refractivity contribution in [2.75, 3.05) is 26.9 Å². The first-order chi connectivity index (χ1) is 10.3. The van der Waals surface area contributed by atoms with Gasteiger partial charge in [0.1, 0.15) is 10.6 Å². The normalized spacial score (nSPS) is 11.0. The number of rotatable bonds is 4. The van der Waals surface area contributed by atoms with Crippen LogP contribution in [0.15, 0.2) is 18.2 Å². The van der Waals surface area contributed by atoms with Gasteiger partial charge in [-0.15, -0.1) is 11.3 Å². The Morgan fingerprint density at radius 3 is 2.50 bits per heavy atom. The maximum absolute atomic E-state index is 12.2. The van der Waals surface area contributed by atoms with Crippen molar-refractivity contribution in [2.24, 2.45) is 0 Å². The van der Waals surface area contributed by atoms with E-state index in [1.54, 1.807) is 0 Å². The van der Waals surface area contributed by atoms with E-state index in [0.717, 1.165) is 22.5 Å². The molecule has 1 aromatic carbocycles. The summed E-state index contributed by atoms with van der Waals surface area (Å²) >= 11 is 1.45. The minimum atomic E-state index is -0.382. The highest BCUT2D eigenvalue weighted by molar-refractivity contribution is 7.17. The Kier molecular flexibility index (Phi) is 4.88. The fraction of sp³-hybridized carbons (Fsp3) is 0.353. The molecule has 4 nitrogen and oxygen atoms in total. The predicted molar refractivity (Wildman–Crippen MR) is 92.4 cm³/mol. The summed E-state index contributed by atoms with van der Waals surface area (Å²) < 4.78 is 4.93. The lowest BCUT2D eigenvalue weighted by molar-refractivity contribution is 0.0603. The van der Waals surface area contributed by atoms with E-state index in [0.29, 0.717) is 10.6 Å². The highest BCUT2D eigenvalue weighted by atomic mass is 32.1. The minimum Gasteiger partial charge on any atom is -0.465 e. The number of nitrogen functional groups attached to an aromatic ring is 1. The molecule has 2 N–H and O–H groups in total.